The Hall–Kier alpha value is -2.29. The summed E-state index contributed by atoms with van der Waals surface area (Å²) in [6.07, 6.45) is 0. The molecule has 0 N–H and O–H groups in total. The van der Waals surface area contributed by atoms with Gasteiger partial charge in [0.15, 0.2) is 0 Å². The molecule has 0 amide bonds. The van der Waals surface area contributed by atoms with Gasteiger partial charge >= 0.3 is 5.97 Å². The minimum absolute atomic E-state index is 0.0440. The van der Waals surface area contributed by atoms with Gasteiger partial charge in [0, 0.05) is 29.7 Å². The highest BCUT2D eigenvalue weighted by molar-refractivity contribution is 5.74. The number of benzene rings is 1. The second kappa shape index (κ2) is 9.11. The quantitative estimate of drug-likeness (QED) is 0.386. The molecule has 0 radical (unpaired) electrons. The van der Waals surface area contributed by atoms with Gasteiger partial charge < -0.3 is 14.2 Å². The maximum absolute atomic E-state index is 14.4. The van der Waals surface area contributed by atoms with Crippen LogP contribution in [0.1, 0.15) is 18.4 Å². The van der Waals surface area contributed by atoms with E-state index in [1.807, 2.05) is 0 Å². The summed E-state index contributed by atoms with van der Waals surface area (Å²) in [5, 5.41) is 10.9. The molecular weight excluding hydrogens is 328 g/mol. The lowest BCUT2D eigenvalue weighted by molar-refractivity contribution is -0.484. The van der Waals surface area contributed by atoms with E-state index in [9.17, 15) is 23.7 Å². The van der Waals surface area contributed by atoms with Crippen molar-refractivity contribution < 1.29 is 32.7 Å². The first kappa shape index (κ1) is 19.8. The molecule has 2 atom stereocenters. The monoisotopic (exact) mass is 347 g/mol. The number of carbonyl (C=O) groups is 1. The van der Waals surface area contributed by atoms with E-state index in [0.717, 1.165) is 19.2 Å². The topological polar surface area (TPSA) is 87.9 Å². The molecule has 0 saturated heterocycles. The molecule has 24 heavy (non-hydrogen) atoms. The van der Waals surface area contributed by atoms with E-state index >= 15 is 0 Å². The van der Waals surface area contributed by atoms with Crippen molar-refractivity contribution in [1.29, 1.82) is 0 Å². The van der Waals surface area contributed by atoms with Crippen LogP contribution in [0.5, 0.6) is 5.75 Å². The Kier molecular flexibility index (Phi) is 7.50. The number of halogens is 2. The first-order chi connectivity index (χ1) is 11.3. The Labute approximate surface area is 137 Å². The van der Waals surface area contributed by atoms with Gasteiger partial charge in [-0.15, -0.1) is 0 Å². The van der Waals surface area contributed by atoms with Crippen LogP contribution in [0.25, 0.3) is 0 Å². The van der Waals surface area contributed by atoms with Crippen LogP contribution in [0.15, 0.2) is 12.1 Å². The fourth-order valence-corrected chi connectivity index (χ4v) is 2.42. The Morgan fingerprint density at radius 1 is 1.29 bits per heavy atom. The fraction of sp³-hybridized carbons (Fsp3) is 0.533. The van der Waals surface area contributed by atoms with E-state index in [1.165, 1.54) is 7.11 Å². The van der Waals surface area contributed by atoms with Crippen molar-refractivity contribution >= 4 is 5.97 Å². The van der Waals surface area contributed by atoms with Crippen LogP contribution in [0.2, 0.25) is 0 Å². The van der Waals surface area contributed by atoms with Crippen LogP contribution < -0.4 is 4.74 Å². The van der Waals surface area contributed by atoms with E-state index in [4.69, 9.17) is 9.47 Å². The highest BCUT2D eigenvalue weighted by Gasteiger charge is 2.38. The second-order valence-corrected chi connectivity index (χ2v) is 4.94. The van der Waals surface area contributed by atoms with E-state index < -0.39 is 46.5 Å². The lowest BCUT2D eigenvalue weighted by Gasteiger charge is -2.23. The summed E-state index contributed by atoms with van der Waals surface area (Å²) in [4.78, 5) is 22.1. The van der Waals surface area contributed by atoms with Crippen LogP contribution >= 0.6 is 0 Å². The second-order valence-electron chi connectivity index (χ2n) is 4.94. The molecule has 2 unspecified atom stereocenters. The Morgan fingerprint density at radius 3 is 2.29 bits per heavy atom. The minimum Gasteiger partial charge on any atom is -0.494 e. The molecule has 0 aliphatic rings. The van der Waals surface area contributed by atoms with E-state index in [0.29, 0.717) is 0 Å². The van der Waals surface area contributed by atoms with E-state index in [-0.39, 0.29) is 19.0 Å². The zero-order valence-electron chi connectivity index (χ0n) is 13.6. The molecule has 1 aromatic rings. The predicted molar refractivity (Wildman–Crippen MR) is 79.5 cm³/mol. The Morgan fingerprint density at radius 2 is 1.88 bits per heavy atom. The molecule has 9 heteroatoms. The van der Waals surface area contributed by atoms with Gasteiger partial charge in [0.05, 0.1) is 32.2 Å². The summed E-state index contributed by atoms with van der Waals surface area (Å²) in [6, 6.07) is 1.85. The maximum atomic E-state index is 14.4. The summed E-state index contributed by atoms with van der Waals surface area (Å²) in [5.74, 6) is -5.57. The highest BCUT2D eigenvalue weighted by Crippen LogP contribution is 2.33. The number of nitro groups is 1. The van der Waals surface area contributed by atoms with Crippen LogP contribution in [0, 0.1) is 27.7 Å². The molecule has 134 valence electrons. The minimum atomic E-state index is -1.39. The molecule has 0 heterocycles. The van der Waals surface area contributed by atoms with Gasteiger partial charge in [0.2, 0.25) is 6.54 Å². The third-order valence-corrected chi connectivity index (χ3v) is 3.42. The summed E-state index contributed by atoms with van der Waals surface area (Å²) in [5.41, 5.74) is -0.567. The molecular formula is C15H19F2NO6. The zero-order chi connectivity index (χ0) is 18.3. The number of esters is 1. The smallest absolute Gasteiger partial charge is 0.311 e. The number of carbonyl (C=O) groups excluding carboxylic acids is 1. The highest BCUT2D eigenvalue weighted by atomic mass is 19.1. The van der Waals surface area contributed by atoms with E-state index in [2.05, 4.69) is 4.74 Å². The molecule has 1 rings (SSSR count). The zero-order valence-corrected chi connectivity index (χ0v) is 13.6. The van der Waals surface area contributed by atoms with Crippen molar-refractivity contribution in [2.75, 3.05) is 34.0 Å². The molecule has 0 fully saturated rings. The lowest BCUT2D eigenvalue weighted by Crippen LogP contribution is -2.33. The number of ether oxygens (including phenoxy) is 3. The fourth-order valence-electron chi connectivity index (χ4n) is 2.42. The maximum Gasteiger partial charge on any atom is 0.311 e. The van der Waals surface area contributed by atoms with Crippen LogP contribution in [0.4, 0.5) is 8.78 Å². The average Bonchev–Trinajstić information content (AvgIpc) is 2.50. The first-order valence-corrected chi connectivity index (χ1v) is 7.15. The van der Waals surface area contributed by atoms with Gasteiger partial charge in [-0.1, -0.05) is 0 Å². The third kappa shape index (κ3) is 4.85. The molecule has 0 aliphatic heterocycles. The van der Waals surface area contributed by atoms with Crippen molar-refractivity contribution in [3.63, 3.8) is 0 Å². The van der Waals surface area contributed by atoms with Crippen molar-refractivity contribution in [2.24, 2.45) is 5.92 Å². The van der Waals surface area contributed by atoms with Crippen molar-refractivity contribution in [3.05, 3.63) is 39.4 Å². The van der Waals surface area contributed by atoms with Crippen molar-refractivity contribution in [3.8, 4) is 5.75 Å². The third-order valence-electron chi connectivity index (χ3n) is 3.42. The van der Waals surface area contributed by atoms with Crippen LogP contribution in [-0.2, 0) is 14.3 Å². The number of hydrogen-bond acceptors (Lipinski definition) is 6. The van der Waals surface area contributed by atoms with Gasteiger partial charge in [-0.05, 0) is 6.92 Å². The van der Waals surface area contributed by atoms with Crippen molar-refractivity contribution in [2.45, 2.75) is 12.8 Å². The van der Waals surface area contributed by atoms with E-state index in [1.54, 1.807) is 6.92 Å². The van der Waals surface area contributed by atoms with Crippen LogP contribution in [0.3, 0.4) is 0 Å². The predicted octanol–water partition coefficient (Wildman–Crippen LogP) is 2.16. The average molecular weight is 347 g/mol. The van der Waals surface area contributed by atoms with Gasteiger partial charge in [-0.2, -0.15) is 0 Å². The normalized spacial score (nSPS) is 13.2. The number of rotatable bonds is 9. The SMILES string of the molecule is CCOc1cc(F)c(C(C[N+](=O)[O-])C(COC)C(=O)OC)c(F)c1. The standard InChI is InChI=1S/C15H19F2NO6/c1-4-24-9-5-12(16)14(13(17)6-9)10(7-18(20)21)11(8-22-2)15(19)23-3/h5-6,10-11H,4,7-8H2,1-3H3. The summed E-state index contributed by atoms with van der Waals surface area (Å²) in [6.45, 7) is 0.707. The first-order valence-electron chi connectivity index (χ1n) is 7.15. The summed E-state index contributed by atoms with van der Waals surface area (Å²) in [7, 11) is 2.35. The number of methoxy groups -OCH3 is 2. The molecule has 7 nitrogen and oxygen atoms in total. The summed E-state index contributed by atoms with van der Waals surface area (Å²) >= 11 is 0. The van der Waals surface area contributed by atoms with Gasteiger partial charge in [-0.25, -0.2) is 8.78 Å². The number of nitrogens with zero attached hydrogens (tertiary/aromatic N) is 1. The Bertz CT molecular complexity index is 572. The molecule has 1 aromatic carbocycles. The molecule has 0 aromatic heterocycles. The van der Waals surface area contributed by atoms with Gasteiger partial charge in [0.1, 0.15) is 17.4 Å². The lowest BCUT2D eigenvalue weighted by atomic mass is 9.85. The molecule has 0 spiro atoms. The largest absolute Gasteiger partial charge is 0.494 e. The molecule has 0 aliphatic carbocycles. The Balaban J connectivity index is 3.39. The van der Waals surface area contributed by atoms with Gasteiger partial charge in [-0.3, -0.25) is 14.9 Å². The molecule has 0 saturated carbocycles. The molecule has 0 bridgehead atoms. The number of hydrogen-bond donors (Lipinski definition) is 0. The summed E-state index contributed by atoms with van der Waals surface area (Å²) < 4.78 is 43.2. The van der Waals surface area contributed by atoms with Gasteiger partial charge in [0.25, 0.3) is 0 Å². The van der Waals surface area contributed by atoms with Crippen molar-refractivity contribution in [1.82, 2.24) is 0 Å². The van der Waals surface area contributed by atoms with Crippen LogP contribution in [-0.4, -0.2) is 44.9 Å².